The van der Waals surface area contributed by atoms with Gasteiger partial charge in [0.15, 0.2) is 0 Å². The van der Waals surface area contributed by atoms with Crippen LogP contribution < -0.4 is 21.6 Å². The fraction of sp³-hybridized carbons (Fsp3) is 0.588. The minimum atomic E-state index is -1.19. The van der Waals surface area contributed by atoms with E-state index in [0.29, 0.717) is 11.7 Å². The molecule has 2 aliphatic rings. The summed E-state index contributed by atoms with van der Waals surface area (Å²) in [5.74, 6) is -0.162. The van der Waals surface area contributed by atoms with Crippen LogP contribution in [0.25, 0.3) is 5.69 Å². The highest BCUT2D eigenvalue weighted by Gasteiger charge is 2.37. The lowest BCUT2D eigenvalue weighted by molar-refractivity contribution is -0.138. The molecule has 15 heteroatoms. The van der Waals surface area contributed by atoms with Crippen molar-refractivity contribution in [2.45, 2.75) is 97.0 Å². The van der Waals surface area contributed by atoms with E-state index in [2.05, 4.69) is 32.8 Å². The van der Waals surface area contributed by atoms with Gasteiger partial charge >= 0.3 is 23.9 Å². The first-order chi connectivity index (χ1) is 23.0. The summed E-state index contributed by atoms with van der Waals surface area (Å²) in [5.41, 5.74) is -0.681. The maximum atomic E-state index is 13.1. The molecule has 2 heterocycles. The van der Waals surface area contributed by atoms with Crippen molar-refractivity contribution in [3.05, 3.63) is 52.6 Å². The van der Waals surface area contributed by atoms with Crippen molar-refractivity contribution >= 4 is 29.9 Å². The lowest BCUT2D eigenvalue weighted by atomic mass is 9.90. The van der Waals surface area contributed by atoms with E-state index >= 15 is 0 Å². The molecule has 0 unspecified atom stereocenters. The molecule has 1 aliphatic carbocycles. The Morgan fingerprint density at radius 2 is 1.55 bits per heavy atom. The largest absolute Gasteiger partial charge is 0.465 e. The molecule has 15 nitrogen and oxygen atoms in total. The van der Waals surface area contributed by atoms with Crippen molar-refractivity contribution < 1.29 is 29.0 Å². The second-order valence-corrected chi connectivity index (χ2v) is 14.1. The van der Waals surface area contributed by atoms with Gasteiger partial charge in [-0.1, -0.05) is 19.1 Å². The molecule has 1 aromatic carbocycles. The first-order valence-electron chi connectivity index (χ1n) is 16.8. The van der Waals surface area contributed by atoms with E-state index in [0.717, 1.165) is 44.3 Å². The number of hydrogen-bond acceptors (Lipinski definition) is 8. The Bertz CT molecular complexity index is 1540. The summed E-state index contributed by atoms with van der Waals surface area (Å²) < 4.78 is 6.69. The molecule has 1 saturated heterocycles. The normalized spacial score (nSPS) is 18.5. The van der Waals surface area contributed by atoms with Crippen molar-refractivity contribution in [3.63, 3.8) is 0 Å². The van der Waals surface area contributed by atoms with E-state index in [4.69, 9.17) is 9.84 Å². The zero-order chi connectivity index (χ0) is 35.9. The number of ether oxygens (including phenoxy) is 1. The number of aromatic nitrogens is 2. The highest BCUT2D eigenvalue weighted by atomic mass is 16.6. The number of nitrogens with zero attached hydrogens (tertiary/aromatic N) is 5. The van der Waals surface area contributed by atoms with E-state index < -0.39 is 35.0 Å². The smallest absolute Gasteiger partial charge is 0.408 e. The molecule has 1 aliphatic heterocycles. The zero-order valence-electron chi connectivity index (χ0n) is 29.3. The van der Waals surface area contributed by atoms with Gasteiger partial charge in [0.25, 0.3) is 0 Å². The maximum Gasteiger partial charge on any atom is 0.408 e. The number of amides is 5. The molecule has 2 aromatic rings. The Kier molecular flexibility index (Phi) is 11.9. The van der Waals surface area contributed by atoms with Gasteiger partial charge in [-0.05, 0) is 90.6 Å². The van der Waals surface area contributed by atoms with Crippen LogP contribution in [0.15, 0.2) is 41.3 Å². The first kappa shape index (κ1) is 37.2. The molecule has 1 saturated carbocycles. The molecular weight excluding hydrogens is 632 g/mol. The fourth-order valence-corrected chi connectivity index (χ4v) is 6.23. The number of alkyl carbamates (subject to hydrolysis) is 1. The highest BCUT2D eigenvalue weighted by Crippen LogP contribution is 2.25. The third-order valence-corrected chi connectivity index (χ3v) is 8.79. The van der Waals surface area contributed by atoms with Crippen LogP contribution in [0, 0.1) is 0 Å². The minimum absolute atomic E-state index is 0.0152. The van der Waals surface area contributed by atoms with Crippen LogP contribution in [0.1, 0.15) is 72.8 Å². The number of urea groups is 1. The molecule has 1 aromatic heterocycles. The van der Waals surface area contributed by atoms with E-state index in [9.17, 15) is 24.0 Å². The number of carbonyl (C=O) groups excluding carboxylic acids is 3. The minimum Gasteiger partial charge on any atom is -0.465 e. The third kappa shape index (κ3) is 10.4. The van der Waals surface area contributed by atoms with Crippen LogP contribution in [0.5, 0.6) is 0 Å². The van der Waals surface area contributed by atoms with E-state index in [1.165, 1.54) is 4.57 Å². The predicted octanol–water partition coefficient (Wildman–Crippen LogP) is 3.61. The standard InChI is InChI=1S/C34H50N8O7/c1-7-39(25-14-10-24(11-15-25)35-31(46)47)22-23-8-12-26(13-9-23)42-17-16-27(37-30(42)45)36-29(44)41-20-18-40(19-21-41)28(43)34(5,6)38-32(48)49-33(2,3)4/h8-9,12-13,16-17,24-25,35H,7,10-11,14-15,18-22H2,1-6H3,(H,38,48)(H,46,47)(H,36,37,44,45). The monoisotopic (exact) mass is 682 g/mol. The number of carbonyl (C=O) groups is 4. The number of hydrogen-bond donors (Lipinski definition) is 4. The summed E-state index contributed by atoms with van der Waals surface area (Å²) in [6.45, 7) is 13.3. The van der Waals surface area contributed by atoms with Crippen molar-refractivity contribution in [1.82, 2.24) is 34.9 Å². The molecule has 0 atom stereocenters. The van der Waals surface area contributed by atoms with Gasteiger partial charge in [0.2, 0.25) is 5.91 Å². The number of benzene rings is 1. The average Bonchev–Trinajstić information content (AvgIpc) is 3.03. The van der Waals surface area contributed by atoms with Gasteiger partial charge < -0.3 is 30.3 Å². The topological polar surface area (TPSA) is 178 Å². The van der Waals surface area contributed by atoms with Gasteiger partial charge in [-0.3, -0.25) is 19.6 Å². The van der Waals surface area contributed by atoms with Crippen LogP contribution in [0.2, 0.25) is 0 Å². The second kappa shape index (κ2) is 15.7. The SMILES string of the molecule is CCN(Cc1ccc(-n2ccc(NC(=O)N3CCN(C(=O)C(C)(C)NC(=O)OC(C)(C)C)CC3)nc2=O)cc1)C1CCC(NC(=O)O)CC1. The first-order valence-corrected chi connectivity index (χ1v) is 16.8. The lowest BCUT2D eigenvalue weighted by Gasteiger charge is -2.38. The summed E-state index contributed by atoms with van der Waals surface area (Å²) in [6.07, 6.45) is 3.43. The van der Waals surface area contributed by atoms with Crippen molar-refractivity contribution in [3.8, 4) is 5.69 Å². The Morgan fingerprint density at radius 3 is 2.10 bits per heavy atom. The molecular formula is C34H50N8O7. The van der Waals surface area contributed by atoms with Gasteiger partial charge in [0.05, 0.1) is 5.69 Å². The summed E-state index contributed by atoms with van der Waals surface area (Å²) >= 11 is 0. The van der Waals surface area contributed by atoms with Crippen LogP contribution in [0.4, 0.5) is 20.2 Å². The Labute approximate surface area is 287 Å². The van der Waals surface area contributed by atoms with Gasteiger partial charge in [-0.2, -0.15) is 4.98 Å². The average molecular weight is 683 g/mol. The Hall–Kier alpha value is -4.66. The molecule has 2 fully saturated rings. The number of anilines is 1. The van der Waals surface area contributed by atoms with Gasteiger partial charge in [0, 0.05) is 51.0 Å². The van der Waals surface area contributed by atoms with Crippen LogP contribution in [0.3, 0.4) is 0 Å². The zero-order valence-corrected chi connectivity index (χ0v) is 29.3. The van der Waals surface area contributed by atoms with Gasteiger partial charge in [-0.25, -0.2) is 19.2 Å². The Balaban J connectivity index is 1.27. The fourth-order valence-electron chi connectivity index (χ4n) is 6.23. The summed E-state index contributed by atoms with van der Waals surface area (Å²) in [7, 11) is 0. The van der Waals surface area contributed by atoms with Crippen LogP contribution in [-0.4, -0.2) is 109 Å². The van der Waals surface area contributed by atoms with Crippen molar-refractivity contribution in [2.24, 2.45) is 0 Å². The molecule has 4 N–H and O–H groups in total. The maximum absolute atomic E-state index is 13.1. The number of rotatable bonds is 9. The summed E-state index contributed by atoms with van der Waals surface area (Å²) in [5, 5.41) is 16.9. The number of carboxylic acid groups (broad SMARTS) is 1. The molecule has 49 heavy (non-hydrogen) atoms. The van der Waals surface area contributed by atoms with E-state index in [1.54, 1.807) is 56.7 Å². The van der Waals surface area contributed by atoms with Crippen LogP contribution in [-0.2, 0) is 16.1 Å². The molecule has 268 valence electrons. The van der Waals surface area contributed by atoms with Crippen molar-refractivity contribution in [2.75, 3.05) is 38.0 Å². The Morgan fingerprint density at radius 1 is 0.939 bits per heavy atom. The summed E-state index contributed by atoms with van der Waals surface area (Å²) in [6, 6.07) is 9.23. The third-order valence-electron chi connectivity index (χ3n) is 8.79. The van der Waals surface area contributed by atoms with Crippen LogP contribution >= 0.6 is 0 Å². The second-order valence-electron chi connectivity index (χ2n) is 14.1. The number of nitrogens with one attached hydrogen (secondary N) is 3. The van der Waals surface area contributed by atoms with Crippen molar-refractivity contribution in [1.29, 1.82) is 0 Å². The summed E-state index contributed by atoms with van der Waals surface area (Å²) in [4.78, 5) is 71.8. The molecule has 5 amide bonds. The number of piperazine rings is 1. The van der Waals surface area contributed by atoms with Gasteiger partial charge in [-0.15, -0.1) is 0 Å². The molecule has 4 rings (SSSR count). The highest BCUT2D eigenvalue weighted by molar-refractivity contribution is 5.90. The predicted molar refractivity (Wildman–Crippen MR) is 184 cm³/mol. The quantitative estimate of drug-likeness (QED) is 0.308. The molecule has 0 radical (unpaired) electrons. The molecule has 0 spiro atoms. The molecule has 0 bridgehead atoms. The van der Waals surface area contributed by atoms with E-state index in [1.807, 2.05) is 24.3 Å². The van der Waals surface area contributed by atoms with Gasteiger partial charge in [0.1, 0.15) is 17.0 Å². The van der Waals surface area contributed by atoms with E-state index in [-0.39, 0.29) is 43.9 Å². The lowest BCUT2D eigenvalue weighted by Crippen LogP contribution is -2.60.